The van der Waals surface area contributed by atoms with Crippen molar-refractivity contribution in [3.05, 3.63) is 23.3 Å². The second-order valence-corrected chi connectivity index (χ2v) is 11.7. The molecule has 2 aromatic rings. The summed E-state index contributed by atoms with van der Waals surface area (Å²) in [6, 6.07) is -1.17. The van der Waals surface area contributed by atoms with Crippen LogP contribution in [0, 0.1) is 0 Å². The van der Waals surface area contributed by atoms with E-state index >= 15 is 0 Å². The summed E-state index contributed by atoms with van der Waals surface area (Å²) in [5, 5.41) is 34.2. The average Bonchev–Trinajstić information content (AvgIpc) is 3.49. The van der Waals surface area contributed by atoms with Gasteiger partial charge in [-0.25, -0.2) is 14.6 Å². The number of aromatic nitrogens is 4. The lowest BCUT2D eigenvalue weighted by molar-refractivity contribution is -0.767. The number of guanidine groups is 1. The van der Waals surface area contributed by atoms with Gasteiger partial charge in [-0.3, -0.25) is 14.5 Å². The molecule has 1 fully saturated rings. The van der Waals surface area contributed by atoms with E-state index in [0.717, 1.165) is 16.4 Å². The molecule has 0 aliphatic carbocycles. The number of oxime groups is 1. The maximum absolute atomic E-state index is 13.3. The van der Waals surface area contributed by atoms with Crippen LogP contribution in [0.3, 0.4) is 0 Å². The molecular weight excluding hydrogens is 624 g/mol. The Labute approximate surface area is 256 Å². The number of aliphatic hydroxyl groups is 1. The van der Waals surface area contributed by atoms with Crippen LogP contribution in [0.15, 0.2) is 27.6 Å². The van der Waals surface area contributed by atoms with Gasteiger partial charge in [0.1, 0.15) is 23.7 Å². The number of β-lactam (4-membered cyclic amide) rings is 1. The maximum Gasteiger partial charge on any atom is 0.352 e. The minimum Gasteiger partial charge on any atom is -0.478 e. The van der Waals surface area contributed by atoms with Crippen molar-refractivity contribution < 1.29 is 44.0 Å². The number of anilines is 2. The smallest absolute Gasteiger partial charge is 0.352 e. The van der Waals surface area contributed by atoms with Gasteiger partial charge in [-0.05, 0) is 13.8 Å². The minimum absolute atomic E-state index is 0.00864. The van der Waals surface area contributed by atoms with Gasteiger partial charge in [0.25, 0.3) is 11.8 Å². The normalized spacial score (nSPS) is 18.4. The Hall–Kier alpha value is -4.96. The van der Waals surface area contributed by atoms with E-state index in [2.05, 4.69) is 24.8 Å². The van der Waals surface area contributed by atoms with Crippen molar-refractivity contribution in [3.8, 4) is 0 Å². The molecule has 0 saturated carbocycles. The molecule has 2 aliphatic rings. The van der Waals surface area contributed by atoms with E-state index in [9.17, 15) is 34.5 Å². The van der Waals surface area contributed by atoms with Gasteiger partial charge in [-0.15, -0.1) is 21.1 Å². The van der Waals surface area contributed by atoms with Crippen LogP contribution in [0.5, 0.6) is 0 Å². The van der Waals surface area contributed by atoms with Gasteiger partial charge in [-0.2, -0.15) is 9.36 Å². The summed E-state index contributed by atoms with van der Waals surface area (Å²) in [6.07, 6.45) is 1.47. The van der Waals surface area contributed by atoms with Crippen molar-refractivity contribution in [1.82, 2.24) is 24.3 Å². The van der Waals surface area contributed by atoms with Crippen LogP contribution in [0.4, 0.5) is 16.6 Å². The highest BCUT2D eigenvalue weighted by molar-refractivity contribution is 8.00. The first-order valence-corrected chi connectivity index (χ1v) is 14.4. The van der Waals surface area contributed by atoms with Crippen molar-refractivity contribution in [2.45, 2.75) is 44.0 Å². The van der Waals surface area contributed by atoms with Crippen LogP contribution >= 0.6 is 23.3 Å². The first kappa shape index (κ1) is 32.0. The van der Waals surface area contributed by atoms with E-state index in [1.165, 1.54) is 41.2 Å². The molecule has 0 aromatic carbocycles. The van der Waals surface area contributed by atoms with Crippen LogP contribution in [-0.4, -0.2) is 99.1 Å². The molecule has 44 heavy (non-hydrogen) atoms. The van der Waals surface area contributed by atoms with Crippen LogP contribution in [-0.2, 0) is 37.1 Å². The van der Waals surface area contributed by atoms with Crippen molar-refractivity contribution in [3.63, 3.8) is 0 Å². The zero-order valence-corrected chi connectivity index (χ0v) is 24.8. The Morgan fingerprint density at radius 1 is 1.27 bits per heavy atom. The number of nitrogens with zero attached hydrogens (tertiary/aromatic N) is 7. The number of amides is 2. The highest BCUT2D eigenvalue weighted by Gasteiger charge is 2.55. The molecule has 2 atom stereocenters. The summed E-state index contributed by atoms with van der Waals surface area (Å²) in [4.78, 5) is 64.2. The van der Waals surface area contributed by atoms with Crippen molar-refractivity contribution in [2.24, 2.45) is 21.6 Å². The first-order valence-electron chi connectivity index (χ1n) is 12.6. The number of nitrogens with two attached hydrogens (primary N) is 4. The Kier molecular flexibility index (Phi) is 8.96. The second kappa shape index (κ2) is 12.3. The molecule has 0 spiro atoms. The predicted molar refractivity (Wildman–Crippen MR) is 155 cm³/mol. The van der Waals surface area contributed by atoms with Crippen LogP contribution in [0.1, 0.15) is 19.7 Å². The van der Waals surface area contributed by atoms with Gasteiger partial charge in [0.2, 0.25) is 23.3 Å². The largest absolute Gasteiger partial charge is 0.478 e. The molecule has 0 bridgehead atoms. The summed E-state index contributed by atoms with van der Waals surface area (Å²) in [5.41, 5.74) is 20.6. The third-order valence-corrected chi connectivity index (χ3v) is 8.20. The van der Waals surface area contributed by atoms with E-state index in [1.807, 2.05) is 0 Å². The summed E-state index contributed by atoms with van der Waals surface area (Å²) < 4.78 is 6.89. The zero-order valence-electron chi connectivity index (χ0n) is 23.2. The Bertz CT molecular complexity index is 1610. The monoisotopic (exact) mass is 653 g/mol. The molecule has 4 rings (SSSR count). The van der Waals surface area contributed by atoms with Crippen molar-refractivity contribution in [1.29, 1.82) is 0 Å². The van der Waals surface area contributed by atoms with Gasteiger partial charge >= 0.3 is 11.9 Å². The first-order chi connectivity index (χ1) is 20.7. The molecule has 0 radical (unpaired) electrons. The molecule has 2 aromatic heterocycles. The molecule has 2 amide bonds. The van der Waals surface area contributed by atoms with Gasteiger partial charge < -0.3 is 48.4 Å². The van der Waals surface area contributed by atoms with Gasteiger partial charge in [0.15, 0.2) is 29.1 Å². The lowest BCUT2D eigenvalue weighted by atomic mass is 10.0. The van der Waals surface area contributed by atoms with E-state index in [-0.39, 0.29) is 59.6 Å². The van der Waals surface area contributed by atoms with Crippen molar-refractivity contribution >= 4 is 75.4 Å². The fourth-order valence-corrected chi connectivity index (χ4v) is 5.94. The number of aliphatic imine (C=N–C) groups is 1. The van der Waals surface area contributed by atoms with Gasteiger partial charge in [-0.1, -0.05) is 5.16 Å². The molecular formula is C22H29N12O8S2+. The molecule has 1 saturated heterocycles. The number of fused-ring (bicyclic) bond motifs is 1. The molecule has 22 heteroatoms. The number of carbonyl (C=O) groups is 4. The summed E-state index contributed by atoms with van der Waals surface area (Å²) >= 11 is 1.94. The summed E-state index contributed by atoms with van der Waals surface area (Å²) in [7, 11) is 0. The maximum atomic E-state index is 13.3. The fourth-order valence-electron chi connectivity index (χ4n) is 4.17. The molecule has 4 heterocycles. The lowest BCUT2D eigenvalue weighted by Crippen LogP contribution is -2.71. The quantitative estimate of drug-likeness (QED) is 0.0366. The fraction of sp³-hybridized carbons (Fsp3) is 0.409. The van der Waals surface area contributed by atoms with Gasteiger partial charge in [0, 0.05) is 22.9 Å². The number of rotatable bonds is 12. The zero-order chi connectivity index (χ0) is 32.5. The Morgan fingerprint density at radius 3 is 2.55 bits per heavy atom. The van der Waals surface area contributed by atoms with E-state index < -0.39 is 46.5 Å². The number of hydrogen-bond donors (Lipinski definition) is 8. The molecule has 12 N–H and O–H groups in total. The highest BCUT2D eigenvalue weighted by atomic mass is 32.2. The molecule has 20 nitrogen and oxygen atoms in total. The Morgan fingerprint density at radius 2 is 1.98 bits per heavy atom. The number of carboxylic acids is 2. The topological polar surface area (TPSA) is 317 Å². The highest BCUT2D eigenvalue weighted by Crippen LogP contribution is 2.40. The number of nitrogen functional groups attached to an aromatic ring is 2. The summed E-state index contributed by atoms with van der Waals surface area (Å²) in [6.45, 7) is 2.12. The second-order valence-electron chi connectivity index (χ2n) is 9.80. The number of carboxylic acid groups (broad SMARTS) is 2. The molecule has 2 aliphatic heterocycles. The van der Waals surface area contributed by atoms with E-state index in [4.69, 9.17) is 27.8 Å². The number of carbonyl (C=O) groups excluding carboxylic acids is 2. The van der Waals surface area contributed by atoms with Gasteiger partial charge in [0.05, 0.1) is 6.61 Å². The van der Waals surface area contributed by atoms with Crippen LogP contribution in [0.25, 0.3) is 0 Å². The average molecular weight is 654 g/mol. The number of aliphatic carboxylic acids is 2. The minimum atomic E-state index is -1.82. The standard InChI is InChI=1S/C22H28N12O8S2/c1-22(2,19(40)41)42-30-10(14-29-21(26)44-31-14)15(36)28-11-16(37)34-12(18(38)39)8(7-43-17(11)34)5-32-6-9(27-20(24)25)13(23)33(32)3-4-35/h6,11,17,23,35H,3-5,7H2,1-2H3,(H9,24,25,26,27,28,29,31,36,38,39,40,41)/p+1/b30-10-/t11-,17-/m1/s1. The van der Waals surface area contributed by atoms with E-state index in [1.54, 1.807) is 0 Å². The Balaban J connectivity index is 1.60. The number of thioether (sulfide) groups is 1. The SMILES string of the molecule is CC(C)(O/N=C(\C(=O)N[C@@H]1C(=O)N2C(C(=O)O)=C(C[n+]3cc(N=C(N)N)c(N)n3CCO)CS[C@H]12)c1nsc(N)n1)C(=O)O. The van der Waals surface area contributed by atoms with E-state index in [0.29, 0.717) is 5.57 Å². The van der Waals surface area contributed by atoms with Crippen LogP contribution < -0.4 is 32.9 Å². The third-order valence-electron chi connectivity index (χ3n) is 6.32. The number of aliphatic hydroxyl groups excluding tert-OH is 1. The molecule has 0 unspecified atom stereocenters. The summed E-state index contributed by atoms with van der Waals surface area (Å²) in [5.74, 6) is -4.71. The number of nitrogens with one attached hydrogen (secondary N) is 1. The van der Waals surface area contributed by atoms with Crippen LogP contribution in [0.2, 0.25) is 0 Å². The lowest BCUT2D eigenvalue weighted by Gasteiger charge is -2.49. The predicted octanol–water partition coefficient (Wildman–Crippen LogP) is -3.29. The molecule has 236 valence electrons. The number of hydrogen-bond acceptors (Lipinski definition) is 14. The van der Waals surface area contributed by atoms with Crippen molar-refractivity contribution in [2.75, 3.05) is 23.8 Å². The third kappa shape index (κ3) is 6.21.